The third kappa shape index (κ3) is 3.73. The highest BCUT2D eigenvalue weighted by Gasteiger charge is 2.07. The molecule has 0 fully saturated rings. The summed E-state index contributed by atoms with van der Waals surface area (Å²) in [5.41, 5.74) is 3.87. The highest BCUT2D eigenvalue weighted by molar-refractivity contribution is 6.32. The monoisotopic (exact) mass is 374 g/mol. The van der Waals surface area contributed by atoms with Gasteiger partial charge in [0.1, 0.15) is 11.8 Å². The van der Waals surface area contributed by atoms with Crippen molar-refractivity contribution in [3.63, 3.8) is 0 Å². The fourth-order valence-electron chi connectivity index (χ4n) is 2.75. The van der Waals surface area contributed by atoms with Crippen LogP contribution in [0.3, 0.4) is 0 Å². The first-order chi connectivity index (χ1) is 13.2. The van der Waals surface area contributed by atoms with Gasteiger partial charge < -0.3 is 0 Å². The van der Waals surface area contributed by atoms with Crippen molar-refractivity contribution in [3.05, 3.63) is 77.7 Å². The van der Waals surface area contributed by atoms with Crippen LogP contribution in [0.4, 0.5) is 0 Å². The third-order valence-corrected chi connectivity index (χ3v) is 4.46. The van der Waals surface area contributed by atoms with Gasteiger partial charge in [0, 0.05) is 24.2 Å². The van der Waals surface area contributed by atoms with E-state index in [0.717, 1.165) is 22.6 Å². The fourth-order valence-corrected chi connectivity index (χ4v) is 2.97. The Balaban J connectivity index is 1.44. The van der Waals surface area contributed by atoms with Gasteiger partial charge in [-0.3, -0.25) is 14.3 Å². The smallest absolute Gasteiger partial charge is 0.111 e. The maximum Gasteiger partial charge on any atom is 0.111 e. The predicted octanol–water partition coefficient (Wildman–Crippen LogP) is 4.03. The first-order valence-corrected chi connectivity index (χ1v) is 8.79. The molecule has 3 aromatic heterocycles. The van der Waals surface area contributed by atoms with Crippen LogP contribution in [0.2, 0.25) is 5.02 Å². The molecule has 0 atom stereocenters. The van der Waals surface area contributed by atoms with Crippen LogP contribution in [0.25, 0.3) is 22.6 Å². The SMILES string of the molecule is N#Cc1ccc(-c2ccn(CCn3ccc(-c4ccccn4)n3)n2)cc1Cl. The Morgan fingerprint density at radius 1 is 0.889 bits per heavy atom. The van der Waals surface area contributed by atoms with Crippen molar-refractivity contribution in [3.8, 4) is 28.7 Å². The second-order valence-electron chi connectivity index (χ2n) is 5.95. The summed E-state index contributed by atoms with van der Waals surface area (Å²) in [7, 11) is 0. The normalized spacial score (nSPS) is 10.7. The summed E-state index contributed by atoms with van der Waals surface area (Å²) in [4.78, 5) is 4.31. The highest BCUT2D eigenvalue weighted by atomic mass is 35.5. The van der Waals surface area contributed by atoms with E-state index in [1.54, 1.807) is 18.3 Å². The second-order valence-corrected chi connectivity index (χ2v) is 6.36. The van der Waals surface area contributed by atoms with Crippen LogP contribution in [0, 0.1) is 11.3 Å². The Morgan fingerprint density at radius 2 is 1.63 bits per heavy atom. The molecule has 7 heteroatoms. The number of halogens is 1. The van der Waals surface area contributed by atoms with Gasteiger partial charge in [-0.15, -0.1) is 0 Å². The van der Waals surface area contributed by atoms with E-state index in [2.05, 4.69) is 21.3 Å². The lowest BCUT2D eigenvalue weighted by Crippen LogP contribution is -2.08. The van der Waals surface area contributed by atoms with Gasteiger partial charge >= 0.3 is 0 Å². The zero-order chi connectivity index (χ0) is 18.6. The number of aryl methyl sites for hydroxylation is 2. The molecule has 132 valence electrons. The summed E-state index contributed by atoms with van der Waals surface area (Å²) in [6, 6.07) is 17.0. The molecule has 3 heterocycles. The molecular weight excluding hydrogens is 360 g/mol. The van der Waals surface area contributed by atoms with Crippen LogP contribution in [0.15, 0.2) is 67.1 Å². The van der Waals surface area contributed by atoms with Crippen molar-refractivity contribution >= 4 is 11.6 Å². The molecule has 0 unspecified atom stereocenters. The minimum Gasteiger partial charge on any atom is -0.270 e. The molecule has 0 saturated heterocycles. The summed E-state index contributed by atoms with van der Waals surface area (Å²) in [5.74, 6) is 0. The molecule has 0 amide bonds. The van der Waals surface area contributed by atoms with Crippen molar-refractivity contribution in [2.24, 2.45) is 0 Å². The van der Waals surface area contributed by atoms with Crippen LogP contribution < -0.4 is 0 Å². The van der Waals surface area contributed by atoms with Crippen LogP contribution in [0.5, 0.6) is 0 Å². The van der Waals surface area contributed by atoms with Gasteiger partial charge in [-0.1, -0.05) is 23.7 Å². The largest absolute Gasteiger partial charge is 0.270 e. The molecule has 4 aromatic rings. The number of pyridine rings is 1. The highest BCUT2D eigenvalue weighted by Crippen LogP contribution is 2.24. The van der Waals surface area contributed by atoms with E-state index >= 15 is 0 Å². The maximum absolute atomic E-state index is 8.97. The standard InChI is InChI=1S/C20H15ClN6/c21-17-13-15(4-5-16(17)14-22)18-6-9-26(24-18)11-12-27-10-7-20(25-27)19-3-1-2-8-23-19/h1-10,13H,11-12H2. The Kier molecular flexibility index (Phi) is 4.69. The van der Waals surface area contributed by atoms with Crippen molar-refractivity contribution in [2.75, 3.05) is 0 Å². The molecular formula is C20H15ClN6. The molecule has 0 bridgehead atoms. The number of nitrogens with zero attached hydrogens (tertiary/aromatic N) is 6. The number of hydrogen-bond acceptors (Lipinski definition) is 4. The van der Waals surface area contributed by atoms with Gasteiger partial charge in [-0.05, 0) is 36.4 Å². The minimum atomic E-state index is 0.433. The average molecular weight is 375 g/mol. The molecule has 1 aromatic carbocycles. The molecule has 0 saturated carbocycles. The van der Waals surface area contributed by atoms with Gasteiger partial charge in [0.05, 0.1) is 35.1 Å². The van der Waals surface area contributed by atoms with Gasteiger partial charge in [0.15, 0.2) is 0 Å². The van der Waals surface area contributed by atoms with E-state index in [4.69, 9.17) is 16.9 Å². The third-order valence-electron chi connectivity index (χ3n) is 4.15. The molecule has 0 aliphatic carbocycles. The number of nitriles is 1. The lowest BCUT2D eigenvalue weighted by molar-refractivity contribution is 0.501. The van der Waals surface area contributed by atoms with Gasteiger partial charge in [-0.25, -0.2) is 0 Å². The first kappa shape index (κ1) is 17.0. The lowest BCUT2D eigenvalue weighted by atomic mass is 10.1. The van der Waals surface area contributed by atoms with E-state index in [0.29, 0.717) is 23.7 Å². The second kappa shape index (κ2) is 7.44. The van der Waals surface area contributed by atoms with Crippen molar-refractivity contribution in [1.29, 1.82) is 5.26 Å². The zero-order valence-corrected chi connectivity index (χ0v) is 15.1. The number of rotatable bonds is 5. The first-order valence-electron chi connectivity index (χ1n) is 8.41. The lowest BCUT2D eigenvalue weighted by Gasteiger charge is -2.03. The molecule has 0 spiro atoms. The Morgan fingerprint density at radius 3 is 2.30 bits per heavy atom. The van der Waals surface area contributed by atoms with Crippen LogP contribution in [-0.4, -0.2) is 24.5 Å². The minimum absolute atomic E-state index is 0.433. The van der Waals surface area contributed by atoms with Crippen molar-refractivity contribution in [1.82, 2.24) is 24.5 Å². The topological polar surface area (TPSA) is 72.3 Å². The van der Waals surface area contributed by atoms with Crippen molar-refractivity contribution in [2.45, 2.75) is 13.1 Å². The fraction of sp³-hybridized carbons (Fsp3) is 0.100. The Labute approximate surface area is 161 Å². The van der Waals surface area contributed by atoms with Crippen LogP contribution in [0.1, 0.15) is 5.56 Å². The molecule has 0 aliphatic rings. The number of aromatic nitrogens is 5. The molecule has 4 rings (SSSR count). The van der Waals surface area contributed by atoms with Crippen molar-refractivity contribution < 1.29 is 0 Å². The summed E-state index contributed by atoms with van der Waals surface area (Å²) in [6.45, 7) is 1.38. The van der Waals surface area contributed by atoms with E-state index in [1.807, 2.05) is 58.2 Å². The predicted molar refractivity (Wildman–Crippen MR) is 103 cm³/mol. The van der Waals surface area contributed by atoms with Gasteiger partial charge in [0.25, 0.3) is 0 Å². The van der Waals surface area contributed by atoms with Gasteiger partial charge in [0.2, 0.25) is 0 Å². The molecule has 0 radical (unpaired) electrons. The Bertz CT molecular complexity index is 1110. The maximum atomic E-state index is 8.97. The summed E-state index contributed by atoms with van der Waals surface area (Å²) in [6.07, 6.45) is 5.62. The van der Waals surface area contributed by atoms with E-state index < -0.39 is 0 Å². The van der Waals surface area contributed by atoms with Crippen LogP contribution in [-0.2, 0) is 13.1 Å². The van der Waals surface area contributed by atoms with E-state index in [-0.39, 0.29) is 0 Å². The summed E-state index contributed by atoms with van der Waals surface area (Å²) < 4.78 is 3.74. The number of hydrogen-bond donors (Lipinski definition) is 0. The van der Waals surface area contributed by atoms with Gasteiger partial charge in [-0.2, -0.15) is 15.5 Å². The average Bonchev–Trinajstić information content (AvgIpc) is 3.37. The van der Waals surface area contributed by atoms with E-state index in [9.17, 15) is 0 Å². The number of benzene rings is 1. The molecule has 6 nitrogen and oxygen atoms in total. The van der Waals surface area contributed by atoms with E-state index in [1.165, 1.54) is 0 Å². The molecule has 27 heavy (non-hydrogen) atoms. The summed E-state index contributed by atoms with van der Waals surface area (Å²) >= 11 is 6.11. The summed E-state index contributed by atoms with van der Waals surface area (Å²) in [5, 5.41) is 18.5. The van der Waals surface area contributed by atoms with Crippen LogP contribution >= 0.6 is 11.6 Å². The molecule has 0 N–H and O–H groups in total. The Hall–Kier alpha value is -3.43. The quantitative estimate of drug-likeness (QED) is 0.528. The zero-order valence-electron chi connectivity index (χ0n) is 14.3. The molecule has 0 aliphatic heterocycles.